The smallest absolute Gasteiger partial charge is 0.252 e. The van der Waals surface area contributed by atoms with Crippen LogP contribution in [0.15, 0.2) is 48.7 Å². The summed E-state index contributed by atoms with van der Waals surface area (Å²) in [5, 5.41) is 12.9. The van der Waals surface area contributed by atoms with Crippen molar-refractivity contribution in [1.82, 2.24) is 10.3 Å². The van der Waals surface area contributed by atoms with Gasteiger partial charge in [-0.15, -0.1) is 0 Å². The van der Waals surface area contributed by atoms with Gasteiger partial charge in [0.15, 0.2) is 0 Å². The predicted octanol–water partition coefficient (Wildman–Crippen LogP) is 4.37. The molecular weight excluding hydrogens is 390 g/mol. The molecular formula is C23H24F2N2O3. The van der Waals surface area contributed by atoms with E-state index in [1.165, 1.54) is 24.4 Å². The van der Waals surface area contributed by atoms with Crippen molar-refractivity contribution in [2.24, 2.45) is 0 Å². The molecule has 2 aromatic carbocycles. The summed E-state index contributed by atoms with van der Waals surface area (Å²) in [5.41, 5.74) is 0.624. The molecule has 0 spiro atoms. The molecule has 0 aliphatic heterocycles. The largest absolute Gasteiger partial charge is 0.486 e. The number of ether oxygens (including phenoxy) is 1. The van der Waals surface area contributed by atoms with E-state index in [-0.39, 0.29) is 30.7 Å². The molecule has 0 radical (unpaired) electrons. The number of para-hydroxylation sites is 1. The summed E-state index contributed by atoms with van der Waals surface area (Å²) >= 11 is 0. The van der Waals surface area contributed by atoms with Crippen molar-refractivity contribution in [2.75, 3.05) is 6.61 Å². The number of aliphatic hydroxyl groups excluding tert-OH is 1. The number of unbranched alkanes of at least 4 members (excludes halogenated alkanes) is 1. The minimum atomic E-state index is -0.689. The molecule has 0 saturated heterocycles. The molecule has 0 saturated carbocycles. The number of hydrogen-bond acceptors (Lipinski definition) is 4. The minimum Gasteiger partial charge on any atom is -0.486 e. The van der Waals surface area contributed by atoms with Crippen molar-refractivity contribution >= 4 is 16.8 Å². The molecule has 7 heteroatoms. The van der Waals surface area contributed by atoms with Gasteiger partial charge in [-0.05, 0) is 30.7 Å². The molecule has 158 valence electrons. The van der Waals surface area contributed by atoms with Gasteiger partial charge in [-0.25, -0.2) is 8.78 Å². The van der Waals surface area contributed by atoms with E-state index in [0.717, 1.165) is 12.8 Å². The normalized spacial score (nSPS) is 12.0. The number of carbonyl (C=O) groups excluding carboxylic acids is 1. The monoisotopic (exact) mass is 414 g/mol. The zero-order chi connectivity index (χ0) is 21.5. The summed E-state index contributed by atoms with van der Waals surface area (Å²) in [6.45, 7) is 1.60. The standard InChI is InChI=1S/C23H24F2N2O3/c1-2-3-6-15(13-28)27-23(29)17-11-12-26-22-16(17)7-4-10-21(22)30-14-18-19(24)8-5-9-20(18)25/h4-5,7-12,15,28H,2-3,6,13-14H2,1H3,(H,27,29)/t15-/m1/s1. The number of fused-ring (bicyclic) bond motifs is 1. The second-order valence-electron chi connectivity index (χ2n) is 6.99. The SMILES string of the molecule is CCCC[C@H](CO)NC(=O)c1ccnc2c(OCc3c(F)cccc3F)cccc12. The third-order valence-corrected chi connectivity index (χ3v) is 4.87. The number of hydrogen-bond donors (Lipinski definition) is 2. The maximum atomic E-state index is 13.9. The highest BCUT2D eigenvalue weighted by Crippen LogP contribution is 2.27. The maximum absolute atomic E-state index is 13.9. The third kappa shape index (κ3) is 4.91. The van der Waals surface area contributed by atoms with E-state index in [1.807, 2.05) is 6.92 Å². The summed E-state index contributed by atoms with van der Waals surface area (Å²) in [5.74, 6) is -1.39. The number of amides is 1. The Morgan fingerprint density at radius 2 is 1.90 bits per heavy atom. The van der Waals surface area contributed by atoms with Gasteiger partial charge in [-0.2, -0.15) is 0 Å². The fraction of sp³-hybridized carbons (Fsp3) is 0.304. The first-order chi connectivity index (χ1) is 14.5. The molecule has 1 heterocycles. The topological polar surface area (TPSA) is 71.5 Å². The molecule has 3 rings (SSSR count). The van der Waals surface area contributed by atoms with Gasteiger partial charge < -0.3 is 15.2 Å². The summed E-state index contributed by atoms with van der Waals surface area (Å²) in [7, 11) is 0. The average Bonchev–Trinajstić information content (AvgIpc) is 2.75. The minimum absolute atomic E-state index is 0.142. The van der Waals surface area contributed by atoms with Gasteiger partial charge in [0.25, 0.3) is 5.91 Å². The van der Waals surface area contributed by atoms with Crippen molar-refractivity contribution in [1.29, 1.82) is 0 Å². The van der Waals surface area contributed by atoms with E-state index < -0.39 is 11.6 Å². The van der Waals surface area contributed by atoms with Crippen LogP contribution in [-0.2, 0) is 6.61 Å². The van der Waals surface area contributed by atoms with E-state index in [2.05, 4.69) is 10.3 Å². The average molecular weight is 414 g/mol. The number of nitrogens with one attached hydrogen (secondary N) is 1. The highest BCUT2D eigenvalue weighted by atomic mass is 19.1. The first-order valence-corrected chi connectivity index (χ1v) is 9.90. The number of nitrogens with zero attached hydrogens (tertiary/aromatic N) is 1. The molecule has 0 aliphatic carbocycles. The van der Waals surface area contributed by atoms with Crippen LogP contribution >= 0.6 is 0 Å². The zero-order valence-corrected chi connectivity index (χ0v) is 16.7. The fourth-order valence-electron chi connectivity index (χ4n) is 3.21. The van der Waals surface area contributed by atoms with Crippen LogP contribution in [0.1, 0.15) is 42.1 Å². The number of aliphatic hydroxyl groups is 1. The van der Waals surface area contributed by atoms with Crippen molar-refractivity contribution in [3.63, 3.8) is 0 Å². The molecule has 1 aromatic heterocycles. The van der Waals surface area contributed by atoms with Crippen LogP contribution in [0.2, 0.25) is 0 Å². The second kappa shape index (κ2) is 10.1. The Labute approximate surface area is 173 Å². The van der Waals surface area contributed by atoms with E-state index in [9.17, 15) is 18.7 Å². The van der Waals surface area contributed by atoms with Crippen LogP contribution in [0.3, 0.4) is 0 Å². The number of halogens is 2. The predicted molar refractivity (Wildman–Crippen MR) is 110 cm³/mol. The van der Waals surface area contributed by atoms with Gasteiger partial charge in [0.2, 0.25) is 0 Å². The van der Waals surface area contributed by atoms with E-state index >= 15 is 0 Å². The Bertz CT molecular complexity index is 1010. The lowest BCUT2D eigenvalue weighted by molar-refractivity contribution is 0.0914. The van der Waals surface area contributed by atoms with Gasteiger partial charge >= 0.3 is 0 Å². The van der Waals surface area contributed by atoms with Crippen LogP contribution in [0, 0.1) is 11.6 Å². The molecule has 0 bridgehead atoms. The quantitative estimate of drug-likeness (QED) is 0.545. The van der Waals surface area contributed by atoms with E-state index in [1.54, 1.807) is 24.3 Å². The first kappa shape index (κ1) is 21.6. The third-order valence-electron chi connectivity index (χ3n) is 4.87. The number of aromatic nitrogens is 1. The van der Waals surface area contributed by atoms with E-state index in [4.69, 9.17) is 4.74 Å². The number of pyridine rings is 1. The molecule has 3 aromatic rings. The first-order valence-electron chi connectivity index (χ1n) is 9.90. The van der Waals surface area contributed by atoms with Crippen molar-refractivity contribution < 1.29 is 23.4 Å². The van der Waals surface area contributed by atoms with Crippen LogP contribution in [0.4, 0.5) is 8.78 Å². The Balaban J connectivity index is 1.85. The van der Waals surface area contributed by atoms with Gasteiger partial charge in [0.1, 0.15) is 29.5 Å². The Morgan fingerprint density at radius 1 is 1.17 bits per heavy atom. The van der Waals surface area contributed by atoms with Crippen LogP contribution in [-0.4, -0.2) is 28.6 Å². The van der Waals surface area contributed by atoms with Crippen molar-refractivity contribution in [2.45, 2.75) is 38.8 Å². The fourth-order valence-corrected chi connectivity index (χ4v) is 3.21. The summed E-state index contributed by atoms with van der Waals surface area (Å²) in [4.78, 5) is 17.1. The van der Waals surface area contributed by atoms with Crippen LogP contribution < -0.4 is 10.1 Å². The molecule has 30 heavy (non-hydrogen) atoms. The Hall–Kier alpha value is -3.06. The summed E-state index contributed by atoms with van der Waals surface area (Å²) in [6.07, 6.45) is 4.03. The Kier molecular flexibility index (Phi) is 7.30. The highest BCUT2D eigenvalue weighted by Gasteiger charge is 2.17. The van der Waals surface area contributed by atoms with Gasteiger partial charge in [0.05, 0.1) is 23.8 Å². The maximum Gasteiger partial charge on any atom is 0.252 e. The van der Waals surface area contributed by atoms with Gasteiger partial charge in [-0.1, -0.05) is 38.0 Å². The summed E-state index contributed by atoms with van der Waals surface area (Å²) < 4.78 is 33.4. The van der Waals surface area contributed by atoms with Gasteiger partial charge in [0, 0.05) is 11.6 Å². The molecule has 2 N–H and O–H groups in total. The number of benzene rings is 2. The lowest BCUT2D eigenvalue weighted by Crippen LogP contribution is -2.37. The highest BCUT2D eigenvalue weighted by molar-refractivity contribution is 6.07. The molecule has 1 amide bonds. The lowest BCUT2D eigenvalue weighted by Gasteiger charge is -2.17. The lowest BCUT2D eigenvalue weighted by atomic mass is 10.1. The molecule has 0 unspecified atom stereocenters. The molecule has 1 atom stereocenters. The molecule has 5 nitrogen and oxygen atoms in total. The Morgan fingerprint density at radius 3 is 2.60 bits per heavy atom. The molecule has 0 aliphatic rings. The van der Waals surface area contributed by atoms with Crippen molar-refractivity contribution in [3.05, 3.63) is 71.4 Å². The van der Waals surface area contributed by atoms with Crippen LogP contribution in [0.25, 0.3) is 10.9 Å². The van der Waals surface area contributed by atoms with Crippen molar-refractivity contribution in [3.8, 4) is 5.75 Å². The van der Waals surface area contributed by atoms with Crippen LogP contribution in [0.5, 0.6) is 5.75 Å². The number of rotatable bonds is 9. The molecule has 0 fully saturated rings. The number of carbonyl (C=O) groups is 1. The summed E-state index contributed by atoms with van der Waals surface area (Å²) in [6, 6.07) is 9.94. The second-order valence-corrected chi connectivity index (χ2v) is 6.99. The zero-order valence-electron chi connectivity index (χ0n) is 16.7. The van der Waals surface area contributed by atoms with Gasteiger partial charge in [-0.3, -0.25) is 9.78 Å². The van der Waals surface area contributed by atoms with E-state index in [0.29, 0.717) is 28.6 Å².